The summed E-state index contributed by atoms with van der Waals surface area (Å²) in [7, 11) is 4.18. The van der Waals surface area contributed by atoms with Crippen LogP contribution < -0.4 is 0 Å². The fraction of sp³-hybridized carbons (Fsp3) is 0.400. The number of benzene rings is 2. The van der Waals surface area contributed by atoms with Crippen LogP contribution in [0.15, 0.2) is 60.7 Å². The van der Waals surface area contributed by atoms with Crippen molar-refractivity contribution in [2.45, 2.75) is 50.7 Å². The summed E-state index contributed by atoms with van der Waals surface area (Å²) in [6, 6.07) is 19.0. The molecule has 3 heteroatoms. The summed E-state index contributed by atoms with van der Waals surface area (Å²) in [5, 5.41) is 0. The molecule has 0 aliphatic heterocycles. The van der Waals surface area contributed by atoms with E-state index in [-0.39, 0.29) is 12.1 Å². The van der Waals surface area contributed by atoms with Crippen molar-refractivity contribution in [3.05, 3.63) is 77.4 Å². The molecule has 1 fully saturated rings. The second kappa shape index (κ2) is 10.2. The highest BCUT2D eigenvalue weighted by atomic mass is 16.5. The van der Waals surface area contributed by atoms with Crippen LogP contribution in [0.3, 0.4) is 0 Å². The van der Waals surface area contributed by atoms with Gasteiger partial charge in [-0.3, -0.25) is 4.79 Å². The van der Waals surface area contributed by atoms with E-state index in [4.69, 9.17) is 4.74 Å². The van der Waals surface area contributed by atoms with Crippen LogP contribution in [0.5, 0.6) is 0 Å². The molecule has 1 saturated carbocycles. The van der Waals surface area contributed by atoms with Crippen LogP contribution >= 0.6 is 0 Å². The highest BCUT2D eigenvalue weighted by molar-refractivity contribution is 5.72. The molecule has 0 aromatic heterocycles. The first-order valence-electron chi connectivity index (χ1n) is 10.2. The van der Waals surface area contributed by atoms with Gasteiger partial charge in [-0.2, -0.15) is 0 Å². The number of carbonyl (C=O) groups is 1. The molecule has 1 aliphatic carbocycles. The monoisotopic (exact) mass is 377 g/mol. The van der Waals surface area contributed by atoms with Crippen LogP contribution in [0, 0.1) is 0 Å². The Bertz CT molecular complexity index is 757. The quantitative estimate of drug-likeness (QED) is 0.603. The van der Waals surface area contributed by atoms with Gasteiger partial charge < -0.3 is 9.64 Å². The van der Waals surface area contributed by atoms with Crippen molar-refractivity contribution in [2.75, 3.05) is 14.1 Å². The largest absolute Gasteiger partial charge is 0.462 e. The third-order valence-corrected chi connectivity index (χ3v) is 5.32. The minimum absolute atomic E-state index is 0.0712. The fourth-order valence-corrected chi connectivity index (χ4v) is 3.86. The van der Waals surface area contributed by atoms with Crippen molar-refractivity contribution in [2.24, 2.45) is 0 Å². The molecule has 28 heavy (non-hydrogen) atoms. The number of nitrogens with zero attached hydrogens (tertiary/aromatic N) is 1. The van der Waals surface area contributed by atoms with Crippen molar-refractivity contribution >= 4 is 12.0 Å². The Balaban J connectivity index is 1.41. The predicted octanol–water partition coefficient (Wildman–Crippen LogP) is 5.42. The van der Waals surface area contributed by atoms with E-state index in [1.807, 2.05) is 42.5 Å². The van der Waals surface area contributed by atoms with Crippen LogP contribution in [0.25, 0.3) is 6.08 Å². The standard InChI is InChI=1S/C25H31NO2/c1-26(2)19-21-11-13-22(14-12-21)23-15-17-24(18-16-23)28-25(27)10-6-9-20-7-4-3-5-8-20/h3-9,11-14,23-24H,10,15-19H2,1-2H3/t23-,24-. The van der Waals surface area contributed by atoms with Gasteiger partial charge in [-0.25, -0.2) is 0 Å². The van der Waals surface area contributed by atoms with Crippen molar-refractivity contribution in [1.29, 1.82) is 0 Å². The molecule has 0 spiro atoms. The minimum atomic E-state index is -0.122. The lowest BCUT2D eigenvalue weighted by molar-refractivity contribution is -0.149. The number of hydrogen-bond donors (Lipinski definition) is 0. The summed E-state index contributed by atoms with van der Waals surface area (Å²) in [6.45, 7) is 0.974. The summed E-state index contributed by atoms with van der Waals surface area (Å²) in [5.41, 5.74) is 3.87. The van der Waals surface area contributed by atoms with Gasteiger partial charge in [-0.15, -0.1) is 0 Å². The summed E-state index contributed by atoms with van der Waals surface area (Å²) >= 11 is 0. The highest BCUT2D eigenvalue weighted by Gasteiger charge is 2.24. The Morgan fingerprint density at radius 1 is 1.00 bits per heavy atom. The molecule has 0 amide bonds. The van der Waals surface area contributed by atoms with Gasteiger partial charge >= 0.3 is 5.97 Å². The van der Waals surface area contributed by atoms with E-state index < -0.39 is 0 Å². The molecule has 0 N–H and O–H groups in total. The molecule has 3 nitrogen and oxygen atoms in total. The Morgan fingerprint density at radius 2 is 1.68 bits per heavy atom. The van der Waals surface area contributed by atoms with Crippen LogP contribution in [-0.4, -0.2) is 31.1 Å². The maximum atomic E-state index is 12.1. The summed E-state index contributed by atoms with van der Waals surface area (Å²) in [5.74, 6) is 0.463. The zero-order chi connectivity index (χ0) is 19.8. The zero-order valence-corrected chi connectivity index (χ0v) is 17.0. The third-order valence-electron chi connectivity index (χ3n) is 5.32. The van der Waals surface area contributed by atoms with Gasteiger partial charge in [0.05, 0.1) is 6.42 Å². The first-order valence-corrected chi connectivity index (χ1v) is 10.2. The molecule has 3 rings (SSSR count). The molecule has 0 bridgehead atoms. The molecule has 0 heterocycles. The van der Waals surface area contributed by atoms with Crippen molar-refractivity contribution in [3.8, 4) is 0 Å². The lowest BCUT2D eigenvalue weighted by atomic mass is 9.82. The predicted molar refractivity (Wildman–Crippen MR) is 115 cm³/mol. The molecule has 0 unspecified atom stereocenters. The summed E-state index contributed by atoms with van der Waals surface area (Å²) in [6.07, 6.45) is 8.35. The third kappa shape index (κ3) is 6.35. The molecule has 0 atom stereocenters. The molecule has 1 aliphatic rings. The summed E-state index contributed by atoms with van der Waals surface area (Å²) in [4.78, 5) is 14.3. The van der Waals surface area contributed by atoms with Crippen LogP contribution in [-0.2, 0) is 16.1 Å². The topological polar surface area (TPSA) is 29.5 Å². The Morgan fingerprint density at radius 3 is 2.32 bits per heavy atom. The zero-order valence-electron chi connectivity index (χ0n) is 17.0. The number of hydrogen-bond acceptors (Lipinski definition) is 3. The van der Waals surface area contributed by atoms with Gasteiger partial charge in [-0.05, 0) is 62.4 Å². The van der Waals surface area contributed by atoms with Crippen molar-refractivity contribution in [1.82, 2.24) is 4.90 Å². The van der Waals surface area contributed by atoms with Crippen LogP contribution in [0.2, 0.25) is 0 Å². The van der Waals surface area contributed by atoms with E-state index in [0.717, 1.165) is 37.8 Å². The lowest BCUT2D eigenvalue weighted by Gasteiger charge is -2.28. The van der Waals surface area contributed by atoms with E-state index >= 15 is 0 Å². The fourth-order valence-electron chi connectivity index (χ4n) is 3.86. The Hall–Kier alpha value is -2.39. The van der Waals surface area contributed by atoms with Gasteiger partial charge in [0.2, 0.25) is 0 Å². The van der Waals surface area contributed by atoms with Gasteiger partial charge in [-0.1, -0.05) is 66.7 Å². The van der Waals surface area contributed by atoms with E-state index in [0.29, 0.717) is 12.3 Å². The first-order chi connectivity index (χ1) is 13.6. The Kier molecular flexibility index (Phi) is 7.44. The first kappa shape index (κ1) is 20.3. The average molecular weight is 378 g/mol. The van der Waals surface area contributed by atoms with Crippen LogP contribution in [0.4, 0.5) is 0 Å². The van der Waals surface area contributed by atoms with Crippen molar-refractivity contribution < 1.29 is 9.53 Å². The SMILES string of the molecule is CN(C)Cc1ccc([C@H]2CC[C@H](OC(=O)CC=Cc3ccccc3)CC2)cc1. The van der Waals surface area contributed by atoms with Gasteiger partial charge in [0, 0.05) is 6.54 Å². The second-order valence-corrected chi connectivity index (χ2v) is 7.96. The maximum absolute atomic E-state index is 12.1. The highest BCUT2D eigenvalue weighted by Crippen LogP contribution is 2.34. The molecular weight excluding hydrogens is 346 g/mol. The molecule has 0 saturated heterocycles. The Labute approximate surface area is 169 Å². The van der Waals surface area contributed by atoms with E-state index in [1.54, 1.807) is 0 Å². The number of ether oxygens (including phenoxy) is 1. The smallest absolute Gasteiger partial charge is 0.309 e. The molecule has 2 aromatic rings. The van der Waals surface area contributed by atoms with E-state index in [2.05, 4.69) is 43.3 Å². The van der Waals surface area contributed by atoms with E-state index in [9.17, 15) is 4.79 Å². The van der Waals surface area contributed by atoms with Gasteiger partial charge in [0.1, 0.15) is 6.10 Å². The van der Waals surface area contributed by atoms with Gasteiger partial charge in [0.15, 0.2) is 0 Å². The number of rotatable bonds is 7. The molecule has 0 radical (unpaired) electrons. The average Bonchev–Trinajstić information content (AvgIpc) is 2.70. The molecular formula is C25H31NO2. The maximum Gasteiger partial charge on any atom is 0.309 e. The molecule has 148 valence electrons. The number of carbonyl (C=O) groups excluding carboxylic acids is 1. The minimum Gasteiger partial charge on any atom is -0.462 e. The normalized spacial score (nSPS) is 19.8. The number of esters is 1. The van der Waals surface area contributed by atoms with Gasteiger partial charge in [0.25, 0.3) is 0 Å². The van der Waals surface area contributed by atoms with Crippen molar-refractivity contribution in [3.63, 3.8) is 0 Å². The summed E-state index contributed by atoms with van der Waals surface area (Å²) < 4.78 is 5.68. The van der Waals surface area contributed by atoms with Crippen LogP contribution in [0.1, 0.15) is 54.7 Å². The van der Waals surface area contributed by atoms with E-state index in [1.165, 1.54) is 11.1 Å². The lowest BCUT2D eigenvalue weighted by Crippen LogP contribution is -2.23. The molecule has 2 aromatic carbocycles. The second-order valence-electron chi connectivity index (χ2n) is 7.96.